The number of ether oxygens (including phenoxy) is 3. The van der Waals surface area contributed by atoms with Gasteiger partial charge in [0, 0.05) is 10.0 Å². The average molecular weight is 351 g/mol. The molecule has 21 heavy (non-hydrogen) atoms. The molecule has 0 bridgehead atoms. The van der Waals surface area contributed by atoms with Crippen molar-refractivity contribution in [3.8, 4) is 17.2 Å². The molecule has 0 radical (unpaired) electrons. The number of ketones is 1. The Kier molecular flexibility index (Phi) is 4.85. The molecule has 2 rings (SSSR count). The van der Waals surface area contributed by atoms with Crippen molar-refractivity contribution in [1.29, 1.82) is 0 Å². The zero-order valence-corrected chi connectivity index (χ0v) is 13.6. The van der Waals surface area contributed by atoms with E-state index < -0.39 is 0 Å². The summed E-state index contributed by atoms with van der Waals surface area (Å²) in [5.74, 6) is 1.12. The van der Waals surface area contributed by atoms with Gasteiger partial charge in [0.2, 0.25) is 5.75 Å². The third-order valence-corrected chi connectivity index (χ3v) is 3.76. The first-order chi connectivity index (χ1) is 10.1. The van der Waals surface area contributed by atoms with Crippen LogP contribution in [0.15, 0.2) is 40.9 Å². The van der Waals surface area contributed by atoms with Gasteiger partial charge in [-0.15, -0.1) is 0 Å². The number of hydrogen-bond acceptors (Lipinski definition) is 4. The Morgan fingerprint density at radius 3 is 2.10 bits per heavy atom. The lowest BCUT2D eigenvalue weighted by molar-refractivity contribution is 0.103. The molecule has 4 nitrogen and oxygen atoms in total. The topological polar surface area (TPSA) is 44.8 Å². The molecule has 0 spiro atoms. The minimum atomic E-state index is -0.153. The molecule has 0 aliphatic rings. The van der Waals surface area contributed by atoms with E-state index in [-0.39, 0.29) is 5.78 Å². The Hall–Kier alpha value is -2.01. The molecule has 0 N–H and O–H groups in total. The molecule has 0 fully saturated rings. The van der Waals surface area contributed by atoms with Crippen LogP contribution in [0.25, 0.3) is 0 Å². The van der Waals surface area contributed by atoms with Crippen molar-refractivity contribution in [3.63, 3.8) is 0 Å². The van der Waals surface area contributed by atoms with E-state index in [2.05, 4.69) is 15.9 Å². The van der Waals surface area contributed by atoms with E-state index in [1.54, 1.807) is 18.2 Å². The van der Waals surface area contributed by atoms with E-state index in [1.165, 1.54) is 21.3 Å². The smallest absolute Gasteiger partial charge is 0.204 e. The highest BCUT2D eigenvalue weighted by Crippen LogP contribution is 2.40. The third-order valence-electron chi connectivity index (χ3n) is 3.07. The zero-order valence-electron chi connectivity index (χ0n) is 12.0. The van der Waals surface area contributed by atoms with Crippen LogP contribution in [0.1, 0.15) is 15.9 Å². The predicted molar refractivity (Wildman–Crippen MR) is 83.7 cm³/mol. The van der Waals surface area contributed by atoms with Gasteiger partial charge in [-0.1, -0.05) is 28.1 Å². The van der Waals surface area contributed by atoms with Gasteiger partial charge in [-0.2, -0.15) is 0 Å². The standard InChI is InChI=1S/C16H15BrO4/c1-19-13-9-8-11(15(20-2)16(13)21-3)14(18)10-6-4-5-7-12(10)17/h4-9H,1-3H3. The van der Waals surface area contributed by atoms with E-state index in [0.29, 0.717) is 28.4 Å². The fourth-order valence-electron chi connectivity index (χ4n) is 2.07. The van der Waals surface area contributed by atoms with E-state index in [9.17, 15) is 4.79 Å². The molecule has 0 amide bonds. The molecule has 2 aromatic carbocycles. The van der Waals surface area contributed by atoms with Crippen LogP contribution in [-0.2, 0) is 0 Å². The maximum absolute atomic E-state index is 12.7. The zero-order chi connectivity index (χ0) is 15.4. The molecule has 5 heteroatoms. The Labute approximate surface area is 131 Å². The first kappa shape index (κ1) is 15.4. The van der Waals surface area contributed by atoms with E-state index in [4.69, 9.17) is 14.2 Å². The molecule has 0 saturated heterocycles. The van der Waals surface area contributed by atoms with E-state index >= 15 is 0 Å². The number of halogens is 1. The minimum absolute atomic E-state index is 0.153. The number of carbonyl (C=O) groups is 1. The first-order valence-corrected chi connectivity index (χ1v) is 7.01. The second-order valence-electron chi connectivity index (χ2n) is 4.19. The first-order valence-electron chi connectivity index (χ1n) is 6.22. The van der Waals surface area contributed by atoms with Crippen molar-refractivity contribution in [1.82, 2.24) is 0 Å². The summed E-state index contributed by atoms with van der Waals surface area (Å²) in [6, 6.07) is 10.6. The third kappa shape index (κ3) is 2.88. The van der Waals surface area contributed by atoms with Crippen molar-refractivity contribution >= 4 is 21.7 Å². The second kappa shape index (κ2) is 6.63. The molecule has 110 valence electrons. The molecule has 2 aromatic rings. The van der Waals surface area contributed by atoms with Crippen molar-refractivity contribution in [2.75, 3.05) is 21.3 Å². The van der Waals surface area contributed by atoms with Gasteiger partial charge >= 0.3 is 0 Å². The second-order valence-corrected chi connectivity index (χ2v) is 5.05. The highest BCUT2D eigenvalue weighted by atomic mass is 79.9. The predicted octanol–water partition coefficient (Wildman–Crippen LogP) is 3.71. The number of hydrogen-bond donors (Lipinski definition) is 0. The lowest BCUT2D eigenvalue weighted by Gasteiger charge is -2.15. The van der Waals surface area contributed by atoms with Gasteiger partial charge in [-0.25, -0.2) is 0 Å². The maximum atomic E-state index is 12.7. The van der Waals surface area contributed by atoms with Crippen LogP contribution in [-0.4, -0.2) is 27.1 Å². The lowest BCUT2D eigenvalue weighted by atomic mass is 10.0. The summed E-state index contributed by atoms with van der Waals surface area (Å²) in [5.41, 5.74) is 0.977. The van der Waals surface area contributed by atoms with E-state index in [0.717, 1.165) is 4.47 Å². The van der Waals surface area contributed by atoms with Crippen LogP contribution in [0.4, 0.5) is 0 Å². The van der Waals surface area contributed by atoms with Gasteiger partial charge < -0.3 is 14.2 Å². The Bertz CT molecular complexity index is 667. The highest BCUT2D eigenvalue weighted by Gasteiger charge is 2.22. The quantitative estimate of drug-likeness (QED) is 0.771. The normalized spacial score (nSPS) is 10.1. The fourth-order valence-corrected chi connectivity index (χ4v) is 2.54. The van der Waals surface area contributed by atoms with Crippen LogP contribution in [0.3, 0.4) is 0 Å². The summed E-state index contributed by atoms with van der Waals surface area (Å²) in [6.07, 6.45) is 0. The molecule has 0 unspecified atom stereocenters. The van der Waals surface area contributed by atoms with Gasteiger partial charge in [-0.05, 0) is 24.3 Å². The molecular formula is C16H15BrO4. The van der Waals surface area contributed by atoms with Crippen LogP contribution in [0.2, 0.25) is 0 Å². The average Bonchev–Trinajstić information content (AvgIpc) is 2.52. The Morgan fingerprint density at radius 2 is 1.52 bits per heavy atom. The van der Waals surface area contributed by atoms with Crippen molar-refractivity contribution in [3.05, 3.63) is 52.0 Å². The number of methoxy groups -OCH3 is 3. The summed E-state index contributed by atoms with van der Waals surface area (Å²) >= 11 is 3.39. The fraction of sp³-hybridized carbons (Fsp3) is 0.188. The minimum Gasteiger partial charge on any atom is -0.493 e. The van der Waals surface area contributed by atoms with Crippen molar-refractivity contribution < 1.29 is 19.0 Å². The van der Waals surface area contributed by atoms with Crippen LogP contribution >= 0.6 is 15.9 Å². The van der Waals surface area contributed by atoms with Crippen LogP contribution in [0.5, 0.6) is 17.2 Å². The van der Waals surface area contributed by atoms with E-state index in [1.807, 2.05) is 18.2 Å². The summed E-state index contributed by atoms with van der Waals surface area (Å²) in [5, 5.41) is 0. The molecule has 0 aromatic heterocycles. The maximum Gasteiger partial charge on any atom is 0.204 e. The van der Waals surface area contributed by atoms with Crippen molar-refractivity contribution in [2.24, 2.45) is 0 Å². The van der Waals surface area contributed by atoms with Gasteiger partial charge in [0.15, 0.2) is 17.3 Å². The summed E-state index contributed by atoms with van der Waals surface area (Å²) in [4.78, 5) is 12.7. The highest BCUT2D eigenvalue weighted by molar-refractivity contribution is 9.10. The molecule has 0 aliphatic carbocycles. The van der Waals surface area contributed by atoms with Gasteiger partial charge in [0.05, 0.1) is 26.9 Å². The Morgan fingerprint density at radius 1 is 0.857 bits per heavy atom. The molecule has 0 aliphatic heterocycles. The van der Waals surface area contributed by atoms with Gasteiger partial charge in [-0.3, -0.25) is 4.79 Å². The lowest BCUT2D eigenvalue weighted by Crippen LogP contribution is -2.06. The monoisotopic (exact) mass is 350 g/mol. The number of carbonyl (C=O) groups excluding carboxylic acids is 1. The molecule has 0 atom stereocenters. The van der Waals surface area contributed by atoms with Gasteiger partial charge in [0.1, 0.15) is 0 Å². The SMILES string of the molecule is COc1ccc(C(=O)c2ccccc2Br)c(OC)c1OC. The number of benzene rings is 2. The number of rotatable bonds is 5. The van der Waals surface area contributed by atoms with Crippen molar-refractivity contribution in [2.45, 2.75) is 0 Å². The summed E-state index contributed by atoms with van der Waals surface area (Å²) in [6.45, 7) is 0. The molecular weight excluding hydrogens is 336 g/mol. The molecule has 0 heterocycles. The summed E-state index contributed by atoms with van der Waals surface area (Å²) < 4.78 is 16.6. The van der Waals surface area contributed by atoms with Crippen LogP contribution in [0, 0.1) is 0 Å². The molecule has 0 saturated carbocycles. The summed E-state index contributed by atoms with van der Waals surface area (Å²) in [7, 11) is 4.54. The Balaban J connectivity index is 2.59. The van der Waals surface area contributed by atoms with Crippen LogP contribution < -0.4 is 14.2 Å². The largest absolute Gasteiger partial charge is 0.493 e. The van der Waals surface area contributed by atoms with Gasteiger partial charge in [0.25, 0.3) is 0 Å².